The zero-order chi connectivity index (χ0) is 12.5. The Hall–Kier alpha value is -1.60. The Kier molecular flexibility index (Phi) is 3.03. The maximum atomic E-state index is 10.5. The SMILES string of the molecule is C[N+]1=C(c2ccc(OS(=O)(=O)O)cc2)OCC1. The van der Waals surface area contributed by atoms with Crippen molar-refractivity contribution >= 4 is 16.3 Å². The molecule has 1 aliphatic heterocycles. The third-order valence-corrected chi connectivity index (χ3v) is 2.72. The van der Waals surface area contributed by atoms with Gasteiger partial charge in [-0.3, -0.25) is 4.55 Å². The van der Waals surface area contributed by atoms with Crippen LogP contribution in [-0.2, 0) is 15.1 Å². The first-order valence-electron chi connectivity index (χ1n) is 4.94. The Balaban J connectivity index is 2.22. The quantitative estimate of drug-likeness (QED) is 0.623. The molecule has 0 atom stereocenters. The van der Waals surface area contributed by atoms with Gasteiger partial charge in [0.15, 0.2) is 13.2 Å². The molecule has 0 aliphatic carbocycles. The minimum Gasteiger partial charge on any atom is -0.438 e. The first kappa shape index (κ1) is 11.9. The third-order valence-electron chi connectivity index (χ3n) is 2.31. The lowest BCUT2D eigenvalue weighted by Gasteiger charge is -2.02. The van der Waals surface area contributed by atoms with Crippen LogP contribution in [-0.4, -0.2) is 43.6 Å². The van der Waals surface area contributed by atoms with E-state index in [-0.39, 0.29) is 5.75 Å². The highest BCUT2D eigenvalue weighted by atomic mass is 32.3. The molecule has 1 N–H and O–H groups in total. The van der Waals surface area contributed by atoms with Gasteiger partial charge in [0.1, 0.15) is 12.8 Å². The lowest BCUT2D eigenvalue weighted by molar-refractivity contribution is -0.486. The lowest BCUT2D eigenvalue weighted by Crippen LogP contribution is -2.12. The standard InChI is InChI=1S/C10H11NO5S/c1-11-6-7-15-10(11)8-2-4-9(5-3-8)16-17(12,13)14/h2-5H,6-7H2,1H3/p+1. The Morgan fingerprint density at radius 3 is 2.47 bits per heavy atom. The maximum Gasteiger partial charge on any atom is 0.446 e. The van der Waals surface area contributed by atoms with Crippen molar-refractivity contribution in [2.75, 3.05) is 20.2 Å². The molecule has 0 radical (unpaired) electrons. The van der Waals surface area contributed by atoms with Gasteiger partial charge >= 0.3 is 16.3 Å². The van der Waals surface area contributed by atoms with Gasteiger partial charge in [-0.2, -0.15) is 13.0 Å². The predicted octanol–water partition coefficient (Wildman–Crippen LogP) is 0.287. The maximum absolute atomic E-state index is 10.5. The number of hydrogen-bond donors (Lipinski definition) is 1. The molecule has 2 rings (SSSR count). The summed E-state index contributed by atoms with van der Waals surface area (Å²) in [6.45, 7) is 1.45. The molecule has 1 aliphatic rings. The fourth-order valence-electron chi connectivity index (χ4n) is 1.57. The largest absolute Gasteiger partial charge is 0.446 e. The molecule has 6 nitrogen and oxygen atoms in total. The van der Waals surface area contributed by atoms with Gasteiger partial charge in [0, 0.05) is 0 Å². The fraction of sp³-hybridized carbons (Fsp3) is 0.300. The summed E-state index contributed by atoms with van der Waals surface area (Å²) < 4.78 is 41.2. The summed E-state index contributed by atoms with van der Waals surface area (Å²) >= 11 is 0. The van der Waals surface area contributed by atoms with Gasteiger partial charge in [0.05, 0.1) is 5.56 Å². The average Bonchev–Trinajstić information content (AvgIpc) is 2.63. The van der Waals surface area contributed by atoms with Crippen LogP contribution in [0.5, 0.6) is 5.75 Å². The van der Waals surface area contributed by atoms with Gasteiger partial charge in [-0.1, -0.05) is 0 Å². The van der Waals surface area contributed by atoms with Gasteiger partial charge in [0.25, 0.3) is 0 Å². The van der Waals surface area contributed by atoms with E-state index in [1.54, 1.807) is 12.1 Å². The van der Waals surface area contributed by atoms with E-state index in [2.05, 4.69) is 4.18 Å². The highest BCUT2D eigenvalue weighted by Gasteiger charge is 2.22. The summed E-state index contributed by atoms with van der Waals surface area (Å²) in [7, 11) is -2.56. The van der Waals surface area contributed by atoms with E-state index in [1.807, 2.05) is 11.6 Å². The predicted molar refractivity (Wildman–Crippen MR) is 59.7 cm³/mol. The van der Waals surface area contributed by atoms with Crippen molar-refractivity contribution in [3.05, 3.63) is 29.8 Å². The Morgan fingerprint density at radius 2 is 2.00 bits per heavy atom. The summed E-state index contributed by atoms with van der Waals surface area (Å²) in [5.74, 6) is 0.793. The van der Waals surface area contributed by atoms with Crippen LogP contribution in [0.15, 0.2) is 24.3 Å². The molecule has 0 bridgehead atoms. The monoisotopic (exact) mass is 258 g/mol. The van der Waals surface area contributed by atoms with Crippen molar-refractivity contribution in [3.8, 4) is 5.75 Å². The first-order valence-corrected chi connectivity index (χ1v) is 6.30. The second-order valence-corrected chi connectivity index (χ2v) is 4.63. The molecule has 0 fully saturated rings. The van der Waals surface area contributed by atoms with Crippen molar-refractivity contribution in [2.45, 2.75) is 0 Å². The van der Waals surface area contributed by atoms with E-state index >= 15 is 0 Å². The first-order chi connectivity index (χ1) is 7.96. The zero-order valence-electron chi connectivity index (χ0n) is 9.16. The molecule has 1 aromatic rings. The number of likely N-dealkylation sites (N-methyl/N-ethyl adjacent to an activating group) is 1. The minimum absolute atomic E-state index is 0.0532. The number of nitrogens with zero attached hydrogens (tertiary/aromatic N) is 1. The van der Waals surface area contributed by atoms with Crippen LogP contribution in [0.2, 0.25) is 0 Å². The molecule has 1 aromatic carbocycles. The topological polar surface area (TPSA) is 75.8 Å². The number of ether oxygens (including phenoxy) is 1. The number of hydrogen-bond acceptors (Lipinski definition) is 4. The van der Waals surface area contributed by atoms with Crippen LogP contribution in [0.4, 0.5) is 0 Å². The van der Waals surface area contributed by atoms with Crippen LogP contribution in [0.1, 0.15) is 5.56 Å². The van der Waals surface area contributed by atoms with Crippen LogP contribution >= 0.6 is 0 Å². The summed E-state index contributed by atoms with van der Waals surface area (Å²) in [5, 5.41) is 0. The van der Waals surface area contributed by atoms with E-state index in [1.165, 1.54) is 12.1 Å². The highest BCUT2D eigenvalue weighted by Crippen LogP contribution is 2.15. The Bertz CT molecular complexity index is 547. The van der Waals surface area contributed by atoms with E-state index in [4.69, 9.17) is 9.29 Å². The molecule has 0 saturated heterocycles. The summed E-state index contributed by atoms with van der Waals surface area (Å²) in [6, 6.07) is 6.23. The zero-order valence-corrected chi connectivity index (χ0v) is 9.98. The molecule has 0 aromatic heterocycles. The van der Waals surface area contributed by atoms with E-state index in [9.17, 15) is 8.42 Å². The van der Waals surface area contributed by atoms with Gasteiger partial charge < -0.3 is 8.92 Å². The molecule has 0 amide bonds. The van der Waals surface area contributed by atoms with Crippen molar-refractivity contribution in [1.29, 1.82) is 0 Å². The van der Waals surface area contributed by atoms with Gasteiger partial charge in [-0.05, 0) is 24.3 Å². The Morgan fingerprint density at radius 1 is 1.35 bits per heavy atom. The molecule has 0 spiro atoms. The molecular weight excluding hydrogens is 246 g/mol. The molecular formula is C10H12NO5S+. The molecule has 0 unspecified atom stereocenters. The van der Waals surface area contributed by atoms with E-state index in [0.29, 0.717) is 6.61 Å². The van der Waals surface area contributed by atoms with Gasteiger partial charge in [-0.15, -0.1) is 0 Å². The normalized spacial score (nSPS) is 15.9. The molecule has 0 saturated carbocycles. The average molecular weight is 258 g/mol. The third kappa shape index (κ3) is 2.95. The van der Waals surface area contributed by atoms with Gasteiger partial charge in [-0.25, -0.2) is 0 Å². The fourth-order valence-corrected chi connectivity index (χ4v) is 1.92. The lowest BCUT2D eigenvalue weighted by atomic mass is 10.2. The second kappa shape index (κ2) is 4.34. The van der Waals surface area contributed by atoms with Crippen LogP contribution in [0.3, 0.4) is 0 Å². The second-order valence-electron chi connectivity index (χ2n) is 3.61. The van der Waals surface area contributed by atoms with Crippen LogP contribution in [0.25, 0.3) is 0 Å². The summed E-state index contributed by atoms with van der Waals surface area (Å²) in [5.41, 5.74) is 0.827. The summed E-state index contributed by atoms with van der Waals surface area (Å²) in [4.78, 5) is 0. The van der Waals surface area contributed by atoms with Crippen molar-refractivity contribution in [2.24, 2.45) is 0 Å². The van der Waals surface area contributed by atoms with Crippen LogP contribution < -0.4 is 4.18 Å². The van der Waals surface area contributed by atoms with Crippen molar-refractivity contribution < 1.29 is 26.5 Å². The van der Waals surface area contributed by atoms with Crippen molar-refractivity contribution in [3.63, 3.8) is 0 Å². The smallest absolute Gasteiger partial charge is 0.438 e. The molecule has 1 heterocycles. The molecule has 17 heavy (non-hydrogen) atoms. The van der Waals surface area contributed by atoms with E-state index < -0.39 is 10.4 Å². The van der Waals surface area contributed by atoms with Gasteiger partial charge in [0.2, 0.25) is 0 Å². The Labute approximate surface area is 99.1 Å². The summed E-state index contributed by atoms with van der Waals surface area (Å²) in [6.07, 6.45) is 0. The van der Waals surface area contributed by atoms with Crippen LogP contribution in [0, 0.1) is 0 Å². The highest BCUT2D eigenvalue weighted by molar-refractivity contribution is 7.81. The van der Waals surface area contributed by atoms with E-state index in [0.717, 1.165) is 18.0 Å². The molecule has 92 valence electrons. The number of rotatable bonds is 3. The minimum atomic E-state index is -4.47. The van der Waals surface area contributed by atoms with Crippen molar-refractivity contribution in [1.82, 2.24) is 0 Å². The number of benzene rings is 1. The molecule has 7 heteroatoms.